The molecule has 1 saturated heterocycles. The molecule has 0 saturated carbocycles. The number of pyridine rings is 2. The number of halogens is 2. The molecule has 0 spiro atoms. The van der Waals surface area contributed by atoms with Gasteiger partial charge in [-0.1, -0.05) is 9.24 Å². The molecule has 1 fully saturated rings. The Labute approximate surface area is 175 Å². The maximum Gasteiger partial charge on any atom is 0.288 e. The summed E-state index contributed by atoms with van der Waals surface area (Å²) in [6.07, 6.45) is 2.31. The van der Waals surface area contributed by atoms with Crippen molar-refractivity contribution in [3.05, 3.63) is 54.1 Å². The molecule has 0 aliphatic carbocycles. The summed E-state index contributed by atoms with van der Waals surface area (Å²) in [5, 5.41) is 10.7. The highest BCUT2D eigenvalue weighted by atomic mass is 31.0. The summed E-state index contributed by atoms with van der Waals surface area (Å²) in [6.45, 7) is 5.12. The van der Waals surface area contributed by atoms with Gasteiger partial charge in [0.15, 0.2) is 5.65 Å². The maximum atomic E-state index is 13.2. The predicted octanol–water partition coefficient (Wildman–Crippen LogP) is 2.80. The van der Waals surface area contributed by atoms with Gasteiger partial charge in [0, 0.05) is 61.8 Å². The average Bonchev–Trinajstić information content (AvgIpc) is 2.77. The van der Waals surface area contributed by atoms with Crippen molar-refractivity contribution < 1.29 is 13.9 Å². The lowest BCUT2D eigenvalue weighted by atomic mass is 10.1. The number of piperazine rings is 1. The van der Waals surface area contributed by atoms with Crippen molar-refractivity contribution in [2.45, 2.75) is 24.7 Å². The first-order chi connectivity index (χ1) is 14.3. The average molecular weight is 432 g/mol. The van der Waals surface area contributed by atoms with Gasteiger partial charge in [-0.25, -0.2) is 19.9 Å². The standard InChI is InChI=1S/C20H23F2N6OP/c1-13(16-5-4-14-3-2-6-23-18(14)26-16)27-7-9-28(10-8-27)19-24-11-15(12-25-19)17(29)20(21,22)30/h2-6,11-13,17,29H,7-10,30H2,1H3. The van der Waals surface area contributed by atoms with Crippen molar-refractivity contribution in [2.75, 3.05) is 31.1 Å². The second kappa shape index (κ2) is 8.41. The molecular weight excluding hydrogens is 409 g/mol. The smallest absolute Gasteiger partial charge is 0.288 e. The summed E-state index contributed by atoms with van der Waals surface area (Å²) < 4.78 is 26.5. The van der Waals surface area contributed by atoms with Crippen LogP contribution in [0.25, 0.3) is 11.0 Å². The highest BCUT2D eigenvalue weighted by molar-refractivity contribution is 7.18. The van der Waals surface area contributed by atoms with Crippen LogP contribution in [0.15, 0.2) is 42.9 Å². The first-order valence-corrected chi connectivity index (χ1v) is 10.3. The Bertz CT molecular complexity index is 1010. The topological polar surface area (TPSA) is 78.3 Å². The molecule has 7 nitrogen and oxygen atoms in total. The van der Waals surface area contributed by atoms with E-state index in [9.17, 15) is 13.9 Å². The minimum atomic E-state index is -3.32. The van der Waals surface area contributed by atoms with Crippen LogP contribution in [0.5, 0.6) is 0 Å². The largest absolute Gasteiger partial charge is 0.382 e. The molecule has 3 unspecified atom stereocenters. The number of aliphatic hydroxyl groups excluding tert-OH is 1. The van der Waals surface area contributed by atoms with Gasteiger partial charge in [0.05, 0.1) is 5.69 Å². The van der Waals surface area contributed by atoms with Gasteiger partial charge in [0.1, 0.15) is 6.10 Å². The van der Waals surface area contributed by atoms with Crippen LogP contribution in [0.3, 0.4) is 0 Å². The van der Waals surface area contributed by atoms with E-state index in [4.69, 9.17) is 4.98 Å². The normalized spacial score (nSPS) is 17.8. The summed E-state index contributed by atoms with van der Waals surface area (Å²) in [5.74, 6) is 0.471. The van der Waals surface area contributed by atoms with Gasteiger partial charge in [-0.05, 0) is 31.2 Å². The Hall–Kier alpha value is -2.35. The van der Waals surface area contributed by atoms with E-state index in [1.807, 2.05) is 29.2 Å². The fourth-order valence-corrected chi connectivity index (χ4v) is 3.75. The molecule has 0 amide bonds. The lowest BCUT2D eigenvalue weighted by Gasteiger charge is -2.37. The zero-order chi connectivity index (χ0) is 21.3. The summed E-state index contributed by atoms with van der Waals surface area (Å²) in [6, 6.07) is 8.11. The Morgan fingerprint density at radius 3 is 2.43 bits per heavy atom. The van der Waals surface area contributed by atoms with E-state index < -0.39 is 11.8 Å². The molecule has 158 valence electrons. The fourth-order valence-electron chi connectivity index (χ4n) is 3.55. The first kappa shape index (κ1) is 20.9. The van der Waals surface area contributed by atoms with E-state index in [0.717, 1.165) is 29.8 Å². The van der Waals surface area contributed by atoms with Crippen LogP contribution in [0.4, 0.5) is 14.7 Å². The van der Waals surface area contributed by atoms with Crippen molar-refractivity contribution in [2.24, 2.45) is 0 Å². The summed E-state index contributed by atoms with van der Waals surface area (Å²) in [5.41, 5.74) is -1.62. The van der Waals surface area contributed by atoms with E-state index in [1.165, 1.54) is 21.6 Å². The molecule has 1 N–H and O–H groups in total. The molecule has 0 aromatic carbocycles. The number of fused-ring (bicyclic) bond motifs is 1. The molecule has 3 aromatic rings. The van der Waals surface area contributed by atoms with E-state index in [1.54, 1.807) is 6.20 Å². The molecule has 0 bridgehead atoms. The zero-order valence-corrected chi connectivity index (χ0v) is 17.6. The third kappa shape index (κ3) is 4.38. The minimum Gasteiger partial charge on any atom is -0.382 e. The van der Waals surface area contributed by atoms with Crippen LogP contribution in [-0.2, 0) is 0 Å². The van der Waals surface area contributed by atoms with Crippen molar-refractivity contribution >= 4 is 26.2 Å². The molecule has 4 heterocycles. The number of hydrogen-bond donors (Lipinski definition) is 1. The van der Waals surface area contributed by atoms with Crippen molar-refractivity contribution in [1.82, 2.24) is 24.8 Å². The van der Waals surface area contributed by atoms with Gasteiger partial charge in [-0.2, -0.15) is 8.78 Å². The maximum absolute atomic E-state index is 13.2. The second-order valence-electron chi connectivity index (χ2n) is 7.38. The van der Waals surface area contributed by atoms with E-state index in [2.05, 4.69) is 26.8 Å². The van der Waals surface area contributed by atoms with Gasteiger partial charge in [-0.15, -0.1) is 0 Å². The van der Waals surface area contributed by atoms with Gasteiger partial charge >= 0.3 is 0 Å². The van der Waals surface area contributed by atoms with Crippen LogP contribution in [0.2, 0.25) is 0 Å². The van der Waals surface area contributed by atoms with Gasteiger partial charge in [-0.3, -0.25) is 4.90 Å². The minimum absolute atomic E-state index is 0.0120. The quantitative estimate of drug-likeness (QED) is 0.621. The number of aliphatic hydroxyl groups is 1. The molecular formula is C20H23F2N6OP. The van der Waals surface area contributed by atoms with Gasteiger partial charge < -0.3 is 10.0 Å². The Morgan fingerprint density at radius 1 is 1.07 bits per heavy atom. The van der Waals surface area contributed by atoms with Crippen LogP contribution >= 0.6 is 9.24 Å². The number of rotatable bonds is 5. The van der Waals surface area contributed by atoms with Crippen molar-refractivity contribution in [3.63, 3.8) is 0 Å². The van der Waals surface area contributed by atoms with E-state index in [-0.39, 0.29) is 11.6 Å². The molecule has 3 atom stereocenters. The van der Waals surface area contributed by atoms with Crippen molar-refractivity contribution in [3.8, 4) is 0 Å². The molecule has 0 radical (unpaired) electrons. The fraction of sp³-hybridized carbons (Fsp3) is 0.400. The highest BCUT2D eigenvalue weighted by Crippen LogP contribution is 2.36. The lowest BCUT2D eigenvalue weighted by molar-refractivity contribution is -0.0369. The molecule has 10 heteroatoms. The number of nitrogens with zero attached hydrogens (tertiary/aromatic N) is 6. The molecule has 1 aliphatic heterocycles. The Balaban J connectivity index is 1.39. The third-order valence-electron chi connectivity index (χ3n) is 5.40. The molecule has 4 rings (SSSR count). The van der Waals surface area contributed by atoms with Crippen LogP contribution in [0, 0.1) is 0 Å². The first-order valence-electron chi connectivity index (χ1n) is 9.70. The number of aromatic nitrogens is 4. The monoisotopic (exact) mass is 432 g/mol. The van der Waals surface area contributed by atoms with Gasteiger partial charge in [0.25, 0.3) is 5.66 Å². The number of alkyl halides is 2. The molecule has 30 heavy (non-hydrogen) atoms. The SMILES string of the molecule is CC(c1ccc2cccnc2n1)N1CCN(c2ncc(C(O)C(F)(F)P)cn2)CC1. The third-order valence-corrected chi connectivity index (χ3v) is 5.71. The van der Waals surface area contributed by atoms with Crippen LogP contribution in [-0.4, -0.2) is 61.8 Å². The van der Waals surface area contributed by atoms with E-state index in [0.29, 0.717) is 19.0 Å². The molecule has 3 aromatic heterocycles. The van der Waals surface area contributed by atoms with Crippen molar-refractivity contribution in [1.29, 1.82) is 0 Å². The predicted molar refractivity (Wildman–Crippen MR) is 113 cm³/mol. The Kier molecular flexibility index (Phi) is 5.86. The van der Waals surface area contributed by atoms with E-state index >= 15 is 0 Å². The summed E-state index contributed by atoms with van der Waals surface area (Å²) in [4.78, 5) is 21.7. The number of hydrogen-bond acceptors (Lipinski definition) is 7. The summed E-state index contributed by atoms with van der Waals surface area (Å²) >= 11 is 0. The number of anilines is 1. The molecule has 1 aliphatic rings. The van der Waals surface area contributed by atoms with Gasteiger partial charge in [0.2, 0.25) is 5.95 Å². The lowest BCUT2D eigenvalue weighted by Crippen LogP contribution is -2.47. The van der Waals surface area contributed by atoms with Crippen LogP contribution < -0.4 is 4.90 Å². The second-order valence-corrected chi connectivity index (χ2v) is 8.15. The Morgan fingerprint density at radius 2 is 1.77 bits per heavy atom. The highest BCUT2D eigenvalue weighted by Gasteiger charge is 2.34. The zero-order valence-electron chi connectivity index (χ0n) is 16.5. The summed E-state index contributed by atoms with van der Waals surface area (Å²) in [7, 11) is 1.34. The van der Waals surface area contributed by atoms with Crippen LogP contribution in [0.1, 0.15) is 30.3 Å².